The number of amides is 1. The largest absolute Gasteiger partial charge is 0.508 e. The number of carbonyl (C=O) groups excluding carboxylic acids is 1. The van der Waals surface area contributed by atoms with Crippen LogP contribution in [-0.2, 0) is 4.79 Å². The third-order valence-electron chi connectivity index (χ3n) is 1.67. The topological polar surface area (TPSA) is 67.8 Å². The summed E-state index contributed by atoms with van der Waals surface area (Å²) < 4.78 is 9.88. The van der Waals surface area contributed by atoms with Gasteiger partial charge < -0.3 is 19.9 Å². The van der Waals surface area contributed by atoms with Crippen molar-refractivity contribution in [2.45, 2.75) is 0 Å². The highest BCUT2D eigenvalue weighted by Gasteiger charge is 2.11. The highest BCUT2D eigenvalue weighted by atomic mass is 16.5. The van der Waals surface area contributed by atoms with Gasteiger partial charge in [0.2, 0.25) is 0 Å². The zero-order chi connectivity index (χ0) is 10.6. The summed E-state index contributed by atoms with van der Waals surface area (Å²) in [5.41, 5.74) is 0.336. The minimum atomic E-state index is -0.00449. The van der Waals surface area contributed by atoms with Crippen LogP contribution in [0.1, 0.15) is 0 Å². The molecule has 0 unspecified atom stereocenters. The van der Waals surface area contributed by atoms with E-state index in [9.17, 15) is 9.90 Å². The number of ether oxygens (including phenoxy) is 2. The molecule has 0 aliphatic carbocycles. The van der Waals surface area contributed by atoms with Gasteiger partial charge in [0.05, 0.1) is 14.2 Å². The summed E-state index contributed by atoms with van der Waals surface area (Å²) in [6.45, 7) is 0. The first-order valence-corrected chi connectivity index (χ1v) is 3.81. The maximum Gasteiger partial charge on any atom is 0.314 e. The Morgan fingerprint density at radius 2 is 1.79 bits per heavy atom. The zero-order valence-corrected chi connectivity index (χ0v) is 7.83. The highest BCUT2D eigenvalue weighted by molar-refractivity contribution is 5.81. The molecule has 1 radical (unpaired) electrons. The van der Waals surface area contributed by atoms with Crippen molar-refractivity contribution < 1.29 is 19.4 Å². The number of hydrogen-bond donors (Lipinski definition) is 2. The molecule has 1 aromatic carbocycles. The minimum Gasteiger partial charge on any atom is -0.508 e. The normalized spacial score (nSPS) is 9.29. The Morgan fingerprint density at radius 1 is 1.29 bits per heavy atom. The standard InChI is InChI=1S/C9H10NO4/c1-13-7-3-6(12)4-8(14-2)9(7)10-5-11/h3-4,12H,1-2H3,(H,10,11). The van der Waals surface area contributed by atoms with Gasteiger partial charge in [0.25, 0.3) is 0 Å². The Morgan fingerprint density at radius 3 is 2.14 bits per heavy atom. The van der Waals surface area contributed by atoms with Crippen LogP contribution < -0.4 is 14.8 Å². The molecule has 0 bridgehead atoms. The van der Waals surface area contributed by atoms with Gasteiger partial charge in [-0.2, -0.15) is 0 Å². The van der Waals surface area contributed by atoms with Crippen LogP contribution in [0, 0.1) is 0 Å². The molecule has 2 N–H and O–H groups in total. The molecule has 5 nitrogen and oxygen atoms in total. The highest BCUT2D eigenvalue weighted by Crippen LogP contribution is 2.37. The predicted octanol–water partition coefficient (Wildman–Crippen LogP) is 0.888. The Hall–Kier alpha value is -1.91. The zero-order valence-electron chi connectivity index (χ0n) is 7.83. The molecule has 0 aliphatic rings. The molecule has 0 fully saturated rings. The lowest BCUT2D eigenvalue weighted by Crippen LogP contribution is -2.00. The lowest BCUT2D eigenvalue weighted by atomic mass is 10.2. The van der Waals surface area contributed by atoms with Crippen LogP contribution >= 0.6 is 0 Å². The molecule has 1 amide bonds. The van der Waals surface area contributed by atoms with Crippen molar-refractivity contribution in [1.82, 2.24) is 0 Å². The van der Waals surface area contributed by atoms with Gasteiger partial charge in [0.15, 0.2) is 0 Å². The fourth-order valence-corrected chi connectivity index (χ4v) is 1.07. The van der Waals surface area contributed by atoms with E-state index in [4.69, 9.17) is 9.47 Å². The monoisotopic (exact) mass is 196 g/mol. The van der Waals surface area contributed by atoms with Crippen LogP contribution in [0.2, 0.25) is 0 Å². The molecule has 5 heteroatoms. The number of benzene rings is 1. The van der Waals surface area contributed by atoms with E-state index in [0.29, 0.717) is 17.2 Å². The number of aromatic hydroxyl groups is 1. The molecule has 0 heterocycles. The van der Waals surface area contributed by atoms with Crippen molar-refractivity contribution in [3.8, 4) is 17.2 Å². The molecule has 75 valence electrons. The maximum atomic E-state index is 10.2. The fraction of sp³-hybridized carbons (Fsp3) is 0.222. The third kappa shape index (κ3) is 1.87. The first-order chi connectivity index (χ1) is 6.72. The molecular formula is C9H10NO4. The van der Waals surface area contributed by atoms with Crippen molar-refractivity contribution in [3.05, 3.63) is 12.1 Å². The van der Waals surface area contributed by atoms with Crippen molar-refractivity contribution in [2.75, 3.05) is 19.5 Å². The van der Waals surface area contributed by atoms with Gasteiger partial charge in [-0.1, -0.05) is 0 Å². The summed E-state index contributed by atoms with van der Waals surface area (Å²) >= 11 is 0. The molecule has 0 atom stereocenters. The fourth-order valence-electron chi connectivity index (χ4n) is 1.07. The maximum absolute atomic E-state index is 10.2. The van der Waals surface area contributed by atoms with E-state index in [1.165, 1.54) is 32.8 Å². The van der Waals surface area contributed by atoms with Crippen molar-refractivity contribution in [1.29, 1.82) is 0 Å². The van der Waals surface area contributed by atoms with Gasteiger partial charge in [0, 0.05) is 12.1 Å². The van der Waals surface area contributed by atoms with Crippen LogP contribution in [-0.4, -0.2) is 25.7 Å². The van der Waals surface area contributed by atoms with Crippen molar-refractivity contribution >= 4 is 12.1 Å². The predicted molar refractivity (Wildman–Crippen MR) is 50.5 cm³/mol. The Bertz CT molecular complexity index is 313. The molecule has 14 heavy (non-hydrogen) atoms. The number of phenols is 1. The number of methoxy groups -OCH3 is 2. The third-order valence-corrected chi connectivity index (χ3v) is 1.67. The average molecular weight is 196 g/mol. The lowest BCUT2D eigenvalue weighted by molar-refractivity contribution is 0.388. The van der Waals surface area contributed by atoms with Crippen LogP contribution in [0.25, 0.3) is 0 Å². The van der Waals surface area contributed by atoms with E-state index >= 15 is 0 Å². The van der Waals surface area contributed by atoms with E-state index in [0.717, 1.165) is 0 Å². The smallest absolute Gasteiger partial charge is 0.314 e. The molecule has 1 rings (SSSR count). The van der Waals surface area contributed by atoms with Gasteiger partial charge in [-0.25, -0.2) is 0 Å². The Kier molecular flexibility index (Phi) is 3.17. The number of nitrogens with one attached hydrogen (secondary N) is 1. The van der Waals surface area contributed by atoms with Crippen LogP contribution in [0.15, 0.2) is 12.1 Å². The second-order valence-corrected chi connectivity index (χ2v) is 2.45. The van der Waals surface area contributed by atoms with E-state index in [1.807, 2.05) is 0 Å². The van der Waals surface area contributed by atoms with Gasteiger partial charge in [-0.3, -0.25) is 4.79 Å². The summed E-state index contributed by atoms with van der Waals surface area (Å²) in [6.07, 6.45) is 1.51. The first kappa shape index (κ1) is 10.2. The lowest BCUT2D eigenvalue weighted by Gasteiger charge is -2.11. The molecule has 1 aromatic rings. The molecule has 0 spiro atoms. The van der Waals surface area contributed by atoms with E-state index < -0.39 is 0 Å². The summed E-state index contributed by atoms with van der Waals surface area (Å²) in [7, 11) is 2.84. The first-order valence-electron chi connectivity index (χ1n) is 3.81. The minimum absolute atomic E-state index is 0.00449. The van der Waals surface area contributed by atoms with E-state index in [1.54, 1.807) is 0 Å². The number of phenolic OH excluding ortho intramolecular Hbond substituents is 1. The summed E-state index contributed by atoms with van der Waals surface area (Å²) in [4.78, 5) is 10.2. The van der Waals surface area contributed by atoms with Crippen molar-refractivity contribution in [2.24, 2.45) is 0 Å². The van der Waals surface area contributed by atoms with Gasteiger partial charge in [-0.15, -0.1) is 0 Å². The van der Waals surface area contributed by atoms with Crippen LogP contribution in [0.3, 0.4) is 0 Å². The molecule has 0 aromatic heterocycles. The van der Waals surface area contributed by atoms with E-state index in [-0.39, 0.29) is 5.75 Å². The average Bonchev–Trinajstić information content (AvgIpc) is 2.20. The van der Waals surface area contributed by atoms with Gasteiger partial charge >= 0.3 is 6.41 Å². The Labute approximate surface area is 81.3 Å². The van der Waals surface area contributed by atoms with Crippen molar-refractivity contribution in [3.63, 3.8) is 0 Å². The second-order valence-electron chi connectivity index (χ2n) is 2.45. The van der Waals surface area contributed by atoms with Crippen LogP contribution in [0.5, 0.6) is 17.2 Å². The van der Waals surface area contributed by atoms with Gasteiger partial charge in [-0.05, 0) is 0 Å². The van der Waals surface area contributed by atoms with E-state index in [2.05, 4.69) is 5.32 Å². The summed E-state index contributed by atoms with van der Waals surface area (Å²) in [5.74, 6) is 0.616. The quantitative estimate of drug-likeness (QED) is 0.554. The number of rotatable bonds is 4. The second kappa shape index (κ2) is 4.36. The number of anilines is 1. The Balaban J connectivity index is 3.24. The summed E-state index contributed by atoms with van der Waals surface area (Å²) in [5, 5.41) is 11.6. The van der Waals surface area contributed by atoms with Crippen LogP contribution in [0.4, 0.5) is 5.69 Å². The molecular weight excluding hydrogens is 186 g/mol. The molecule has 0 aliphatic heterocycles. The molecule has 0 saturated carbocycles. The molecule has 0 saturated heterocycles. The summed E-state index contributed by atoms with van der Waals surface area (Å²) in [6, 6.07) is 2.73. The SMILES string of the molecule is COc1cc(O)cc(OC)c1N[C]=O. The number of hydrogen-bond acceptors (Lipinski definition) is 4. The van der Waals surface area contributed by atoms with Gasteiger partial charge in [0.1, 0.15) is 22.9 Å².